The van der Waals surface area contributed by atoms with Crippen LogP contribution in [0.5, 0.6) is 0 Å². The van der Waals surface area contributed by atoms with Gasteiger partial charge in [-0.3, -0.25) is 19.7 Å². The van der Waals surface area contributed by atoms with Crippen molar-refractivity contribution in [1.29, 1.82) is 0 Å². The van der Waals surface area contributed by atoms with Gasteiger partial charge < -0.3 is 4.57 Å². The largest absolute Gasteiger partial charge is 0.348 e. The number of nitrogens with zero attached hydrogens (tertiary/aromatic N) is 3. The van der Waals surface area contributed by atoms with Gasteiger partial charge in [0, 0.05) is 53.5 Å². The van der Waals surface area contributed by atoms with Gasteiger partial charge in [0.1, 0.15) is 13.0 Å². The Bertz CT molecular complexity index is 1470. The molecule has 166 valence electrons. The second-order valence-corrected chi connectivity index (χ2v) is 9.32. The van der Waals surface area contributed by atoms with E-state index in [1.54, 1.807) is 18.2 Å². The molecule has 7 nitrogen and oxygen atoms in total. The lowest BCUT2D eigenvalue weighted by molar-refractivity contribution is -0.402. The van der Waals surface area contributed by atoms with Crippen LogP contribution in [-0.4, -0.2) is 38.4 Å². The van der Waals surface area contributed by atoms with Crippen molar-refractivity contribution in [3.05, 3.63) is 81.0 Å². The highest BCUT2D eigenvalue weighted by Crippen LogP contribution is 2.44. The van der Waals surface area contributed by atoms with E-state index < -0.39 is 16.3 Å². The second kappa shape index (κ2) is 6.81. The Morgan fingerprint density at radius 3 is 2.45 bits per heavy atom. The maximum atomic E-state index is 13.3. The van der Waals surface area contributed by atoms with Gasteiger partial charge in [-0.1, -0.05) is 18.2 Å². The third kappa shape index (κ3) is 2.71. The molecule has 0 atom stereocenters. The number of benzene rings is 2. The highest BCUT2D eigenvalue weighted by molar-refractivity contribution is 6.44. The van der Waals surface area contributed by atoms with Crippen LogP contribution in [0.25, 0.3) is 10.9 Å². The lowest BCUT2D eigenvalue weighted by atomic mass is 9.70. The quantitative estimate of drug-likeness (QED) is 0.151. The number of carbonyl (C=O) groups excluding carboxylic acids is 2. The molecular formula is C26H24N3O4+. The molecule has 1 saturated carbocycles. The lowest BCUT2D eigenvalue weighted by Crippen LogP contribution is -2.41. The van der Waals surface area contributed by atoms with Gasteiger partial charge in [-0.05, 0) is 32.4 Å². The summed E-state index contributed by atoms with van der Waals surface area (Å²) in [6.45, 7) is 5.83. The van der Waals surface area contributed by atoms with Gasteiger partial charge in [0.2, 0.25) is 5.69 Å². The number of Topliss-reactive ketones (excluding diaryl/α,β-unsaturated/α-hetero) is 2. The summed E-state index contributed by atoms with van der Waals surface area (Å²) in [5.74, 6) is -1.16. The minimum absolute atomic E-state index is 0.0198. The van der Waals surface area contributed by atoms with E-state index in [0.29, 0.717) is 0 Å². The molecule has 0 N–H and O–H groups in total. The molecule has 1 aliphatic carbocycles. The van der Waals surface area contributed by atoms with Crippen molar-refractivity contribution in [3.8, 4) is 0 Å². The summed E-state index contributed by atoms with van der Waals surface area (Å²) < 4.78 is 3.92. The average Bonchev–Trinajstić information content (AvgIpc) is 3.14. The van der Waals surface area contributed by atoms with E-state index >= 15 is 0 Å². The first kappa shape index (κ1) is 21.0. The fourth-order valence-electron chi connectivity index (χ4n) is 5.32. The Labute approximate surface area is 190 Å². The molecule has 5 rings (SSSR count). The molecule has 2 heterocycles. The lowest BCUT2D eigenvalue weighted by Gasteiger charge is -2.27. The van der Waals surface area contributed by atoms with Gasteiger partial charge in [-0.25, -0.2) is 0 Å². The van der Waals surface area contributed by atoms with Crippen LogP contribution in [0.15, 0.2) is 54.1 Å². The molecular weight excluding hydrogens is 418 g/mol. The van der Waals surface area contributed by atoms with E-state index in [-0.39, 0.29) is 22.8 Å². The predicted molar refractivity (Wildman–Crippen MR) is 125 cm³/mol. The maximum absolute atomic E-state index is 13.3. The van der Waals surface area contributed by atoms with E-state index in [2.05, 4.69) is 0 Å². The summed E-state index contributed by atoms with van der Waals surface area (Å²) in [6.07, 6.45) is 1.67. The molecule has 2 aromatic carbocycles. The van der Waals surface area contributed by atoms with Crippen molar-refractivity contribution in [2.45, 2.75) is 32.1 Å². The van der Waals surface area contributed by atoms with E-state index in [1.807, 2.05) is 68.3 Å². The van der Waals surface area contributed by atoms with Crippen LogP contribution in [0.3, 0.4) is 0 Å². The summed E-state index contributed by atoms with van der Waals surface area (Å²) in [5, 5.41) is 12.2. The molecule has 0 bridgehead atoms. The van der Waals surface area contributed by atoms with E-state index in [4.69, 9.17) is 0 Å². The first-order valence-corrected chi connectivity index (χ1v) is 10.8. The van der Waals surface area contributed by atoms with Crippen LogP contribution in [0.1, 0.15) is 36.6 Å². The van der Waals surface area contributed by atoms with E-state index in [9.17, 15) is 19.7 Å². The Morgan fingerprint density at radius 2 is 1.79 bits per heavy atom. The number of fused-ring (bicyclic) bond motifs is 2. The van der Waals surface area contributed by atoms with Crippen LogP contribution in [0.4, 0.5) is 11.4 Å². The summed E-state index contributed by atoms with van der Waals surface area (Å²) in [5.41, 5.74) is 4.69. The van der Waals surface area contributed by atoms with Crippen molar-refractivity contribution in [2.24, 2.45) is 7.05 Å². The molecule has 7 heteroatoms. The predicted octanol–water partition coefficient (Wildman–Crippen LogP) is 4.26. The molecule has 0 radical (unpaired) electrons. The number of para-hydroxylation sites is 1. The number of hydrogen-bond donors (Lipinski definition) is 0. The molecule has 1 aromatic heterocycles. The van der Waals surface area contributed by atoms with Gasteiger partial charge in [-0.15, -0.1) is 0 Å². The first-order chi connectivity index (χ1) is 15.6. The zero-order valence-corrected chi connectivity index (χ0v) is 19.2. The highest BCUT2D eigenvalue weighted by atomic mass is 16.6. The normalized spacial score (nSPS) is 19.2. The van der Waals surface area contributed by atoms with Crippen LogP contribution in [0.2, 0.25) is 0 Å². The molecule has 0 unspecified atom stereocenters. The number of ketones is 2. The Balaban J connectivity index is 1.56. The van der Waals surface area contributed by atoms with Gasteiger partial charge in [0.25, 0.3) is 5.69 Å². The van der Waals surface area contributed by atoms with Gasteiger partial charge in [-0.2, -0.15) is 4.58 Å². The van der Waals surface area contributed by atoms with Gasteiger partial charge in [0.05, 0.1) is 15.9 Å². The number of nitro groups is 1. The molecule has 1 aliphatic heterocycles. The molecule has 0 amide bonds. The number of aromatic nitrogens is 1. The number of aryl methyl sites for hydroxylation is 1. The third-order valence-corrected chi connectivity index (χ3v) is 7.30. The van der Waals surface area contributed by atoms with Crippen LogP contribution in [0, 0.1) is 17.0 Å². The van der Waals surface area contributed by atoms with Crippen molar-refractivity contribution in [1.82, 2.24) is 4.57 Å². The van der Waals surface area contributed by atoms with E-state index in [0.717, 1.165) is 39.1 Å². The fourth-order valence-corrected chi connectivity index (χ4v) is 5.32. The van der Waals surface area contributed by atoms with Crippen molar-refractivity contribution < 1.29 is 19.1 Å². The number of nitro benzene ring substituents is 1. The Hall–Kier alpha value is -3.87. The van der Waals surface area contributed by atoms with Crippen LogP contribution < -0.4 is 0 Å². The van der Waals surface area contributed by atoms with Gasteiger partial charge >= 0.3 is 0 Å². The second-order valence-electron chi connectivity index (χ2n) is 9.32. The molecule has 1 fully saturated rings. The minimum atomic E-state index is -0.791. The minimum Gasteiger partial charge on any atom is -0.348 e. The Kier molecular flexibility index (Phi) is 4.34. The van der Waals surface area contributed by atoms with E-state index in [1.165, 1.54) is 6.07 Å². The molecule has 0 spiro atoms. The van der Waals surface area contributed by atoms with Crippen molar-refractivity contribution in [2.75, 3.05) is 7.05 Å². The fraction of sp³-hybridized carbons (Fsp3) is 0.269. The molecule has 0 saturated heterocycles. The third-order valence-electron chi connectivity index (χ3n) is 7.30. The Morgan fingerprint density at radius 1 is 1.12 bits per heavy atom. The zero-order chi connectivity index (χ0) is 23.8. The summed E-state index contributed by atoms with van der Waals surface area (Å²) in [4.78, 5) is 37.4. The standard InChI is InChI=1S/C26H24N3O4/c1-14-22(16-8-6-7-9-19(16)27(14)4)23-24(30)17(25(23)31)13-21-26(2,3)18-12-15(29(32)33)10-11-20(18)28(21)5/h6-13,23H,1-5H3/q+1. The number of carbonyl (C=O) groups is 2. The monoisotopic (exact) mass is 442 g/mol. The summed E-state index contributed by atoms with van der Waals surface area (Å²) >= 11 is 0. The van der Waals surface area contributed by atoms with Gasteiger partial charge in [0.15, 0.2) is 17.3 Å². The van der Waals surface area contributed by atoms with Crippen molar-refractivity contribution >= 4 is 39.6 Å². The SMILES string of the molecule is Cc1c(C2C(=O)C(=CC3=[N+](C)c4ccc([N+](=O)[O-])cc4C3(C)C)C2=O)c2ccccc2n1C. The first-order valence-electron chi connectivity index (χ1n) is 10.8. The maximum Gasteiger partial charge on any atom is 0.270 e. The smallest absolute Gasteiger partial charge is 0.270 e. The zero-order valence-electron chi connectivity index (χ0n) is 19.2. The van der Waals surface area contributed by atoms with Crippen LogP contribution >= 0.6 is 0 Å². The molecule has 3 aromatic rings. The summed E-state index contributed by atoms with van der Waals surface area (Å²) in [6, 6.07) is 12.6. The highest BCUT2D eigenvalue weighted by Gasteiger charge is 2.50. The molecule has 33 heavy (non-hydrogen) atoms. The number of allylic oxidation sites excluding steroid dienone is 2. The summed E-state index contributed by atoms with van der Waals surface area (Å²) in [7, 11) is 3.79. The van der Waals surface area contributed by atoms with Crippen LogP contribution in [-0.2, 0) is 22.1 Å². The number of hydrogen-bond acceptors (Lipinski definition) is 4. The number of rotatable bonds is 3. The average molecular weight is 442 g/mol. The topological polar surface area (TPSA) is 85.2 Å². The van der Waals surface area contributed by atoms with Crippen molar-refractivity contribution in [3.63, 3.8) is 0 Å². The molecule has 2 aliphatic rings. The number of non-ortho nitro benzene ring substituents is 1.